The third kappa shape index (κ3) is 2.70. The fraction of sp³-hybridized carbons (Fsp3) is 0.538. The first-order valence-electron chi connectivity index (χ1n) is 5.47. The van der Waals surface area contributed by atoms with Crippen molar-refractivity contribution in [1.82, 2.24) is 0 Å². The van der Waals surface area contributed by atoms with Crippen molar-refractivity contribution < 1.29 is 4.43 Å². The van der Waals surface area contributed by atoms with Crippen molar-refractivity contribution in [1.29, 1.82) is 0 Å². The highest BCUT2D eigenvalue weighted by Gasteiger charge is 2.23. The van der Waals surface area contributed by atoms with Crippen LogP contribution in [-0.4, -0.2) is 10.5 Å². The first-order valence-corrected chi connectivity index (χ1v) is 5.88. The molecule has 0 N–H and O–H groups in total. The Morgan fingerprint density at radius 2 is 1.93 bits per heavy atom. The van der Waals surface area contributed by atoms with Crippen molar-refractivity contribution in [3.63, 3.8) is 0 Å². The first-order chi connectivity index (χ1) is 7.03. The molecule has 0 fully saturated rings. The Balaban J connectivity index is 3.17. The second-order valence-electron chi connectivity index (χ2n) is 4.51. The molecule has 1 aromatic rings. The molecule has 0 spiro atoms. The van der Waals surface area contributed by atoms with Gasteiger partial charge >= 0.3 is 0 Å². The topological polar surface area (TPSA) is 9.23 Å². The van der Waals surface area contributed by atoms with Crippen molar-refractivity contribution in [3.05, 3.63) is 35.4 Å². The van der Waals surface area contributed by atoms with Crippen LogP contribution in [0.4, 0.5) is 0 Å². The monoisotopic (exact) mass is 219 g/mol. The van der Waals surface area contributed by atoms with Gasteiger partial charge < -0.3 is 4.43 Å². The number of benzene rings is 1. The lowest BCUT2D eigenvalue weighted by Gasteiger charge is -2.28. The zero-order valence-electron chi connectivity index (χ0n) is 10.0. The first kappa shape index (κ1) is 12.5. The van der Waals surface area contributed by atoms with E-state index in [0.717, 1.165) is 6.42 Å². The van der Waals surface area contributed by atoms with E-state index in [0.29, 0.717) is 5.92 Å². The lowest BCUT2D eigenvalue weighted by molar-refractivity contribution is 0.122. The van der Waals surface area contributed by atoms with E-state index >= 15 is 0 Å². The van der Waals surface area contributed by atoms with Gasteiger partial charge in [0, 0.05) is 0 Å². The van der Waals surface area contributed by atoms with Gasteiger partial charge in [0.1, 0.15) is 0 Å². The van der Waals surface area contributed by atoms with E-state index in [-0.39, 0.29) is 5.60 Å². The minimum atomic E-state index is -0.281. The highest BCUT2D eigenvalue weighted by molar-refractivity contribution is 5.98. The predicted molar refractivity (Wildman–Crippen MR) is 65.0 cm³/mol. The van der Waals surface area contributed by atoms with Crippen LogP contribution in [0.1, 0.15) is 51.2 Å². The van der Waals surface area contributed by atoms with E-state index in [2.05, 4.69) is 62.4 Å². The molecular weight excluding hydrogens is 200 g/mol. The third-order valence-electron chi connectivity index (χ3n) is 3.01. The normalized spacial score (nSPS) is 13.9. The van der Waals surface area contributed by atoms with Crippen LogP contribution in [0.15, 0.2) is 24.3 Å². The average molecular weight is 219 g/mol. The third-order valence-corrected chi connectivity index (χ3v) is 3.52. The molecule has 0 bridgehead atoms. The van der Waals surface area contributed by atoms with Gasteiger partial charge in [-0.3, -0.25) is 0 Å². The van der Waals surface area contributed by atoms with Crippen LogP contribution in [0.25, 0.3) is 0 Å². The standard InChI is InChI=1S/C13H19OSi/c1-5-10(2)11-8-6-7-9-12(11)13(3,4)14-15/h6-10H,5H2,1-4H3. The Labute approximate surface area is 96.4 Å². The second kappa shape index (κ2) is 4.95. The van der Waals surface area contributed by atoms with Gasteiger partial charge in [0.25, 0.3) is 0 Å². The summed E-state index contributed by atoms with van der Waals surface area (Å²) in [7, 11) is 3.16. The molecule has 0 aromatic heterocycles. The van der Waals surface area contributed by atoms with Crippen LogP contribution in [0.2, 0.25) is 0 Å². The molecule has 0 aliphatic carbocycles. The molecular formula is C13H19OSi. The van der Waals surface area contributed by atoms with E-state index in [1.165, 1.54) is 11.1 Å². The Morgan fingerprint density at radius 1 is 1.33 bits per heavy atom. The number of hydrogen-bond acceptors (Lipinski definition) is 1. The molecule has 0 amide bonds. The molecule has 2 heteroatoms. The molecule has 15 heavy (non-hydrogen) atoms. The maximum atomic E-state index is 5.36. The molecule has 3 radical (unpaired) electrons. The fourth-order valence-corrected chi connectivity index (χ4v) is 1.86. The van der Waals surface area contributed by atoms with Gasteiger partial charge in [-0.25, -0.2) is 0 Å². The molecule has 1 unspecified atom stereocenters. The van der Waals surface area contributed by atoms with Crippen LogP contribution in [0.5, 0.6) is 0 Å². The van der Waals surface area contributed by atoms with Crippen LogP contribution in [-0.2, 0) is 10.0 Å². The van der Waals surface area contributed by atoms with Gasteiger partial charge in [-0.05, 0) is 37.3 Å². The summed E-state index contributed by atoms with van der Waals surface area (Å²) in [4.78, 5) is 0. The minimum Gasteiger partial charge on any atom is -0.410 e. The largest absolute Gasteiger partial charge is 0.410 e. The smallest absolute Gasteiger partial charge is 0.247 e. The minimum absolute atomic E-state index is 0.281. The molecule has 0 saturated heterocycles. The summed E-state index contributed by atoms with van der Waals surface area (Å²) in [5.41, 5.74) is 2.36. The molecule has 1 nitrogen and oxygen atoms in total. The van der Waals surface area contributed by atoms with Crippen LogP contribution in [0.3, 0.4) is 0 Å². The van der Waals surface area contributed by atoms with Crippen LogP contribution < -0.4 is 0 Å². The van der Waals surface area contributed by atoms with Gasteiger partial charge in [-0.1, -0.05) is 38.1 Å². The summed E-state index contributed by atoms with van der Waals surface area (Å²) in [5.74, 6) is 0.572. The molecule has 1 aromatic carbocycles. The van der Waals surface area contributed by atoms with Crippen molar-refractivity contribution in [3.8, 4) is 0 Å². The van der Waals surface area contributed by atoms with E-state index < -0.39 is 0 Å². The predicted octanol–water partition coefficient (Wildman–Crippen LogP) is 3.54. The number of rotatable bonds is 4. The Hall–Kier alpha value is -0.603. The van der Waals surface area contributed by atoms with E-state index in [1.807, 2.05) is 0 Å². The summed E-state index contributed by atoms with van der Waals surface area (Å²) >= 11 is 0. The zero-order chi connectivity index (χ0) is 11.5. The Morgan fingerprint density at radius 3 is 2.47 bits per heavy atom. The average Bonchev–Trinajstić information content (AvgIpc) is 2.28. The van der Waals surface area contributed by atoms with Crippen LogP contribution >= 0.6 is 0 Å². The summed E-state index contributed by atoms with van der Waals surface area (Å²) in [6, 6.07) is 8.49. The summed E-state index contributed by atoms with van der Waals surface area (Å²) < 4.78 is 5.36. The second-order valence-corrected chi connectivity index (χ2v) is 4.71. The summed E-state index contributed by atoms with van der Waals surface area (Å²) in [5, 5.41) is 0. The van der Waals surface area contributed by atoms with Gasteiger partial charge in [-0.2, -0.15) is 0 Å². The van der Waals surface area contributed by atoms with Gasteiger partial charge in [0.05, 0.1) is 5.60 Å². The fourth-order valence-electron chi connectivity index (χ4n) is 1.75. The highest BCUT2D eigenvalue weighted by Crippen LogP contribution is 2.32. The van der Waals surface area contributed by atoms with Gasteiger partial charge in [0.15, 0.2) is 0 Å². The maximum absolute atomic E-state index is 5.36. The summed E-state index contributed by atoms with van der Waals surface area (Å²) in [6.07, 6.45) is 1.15. The SMILES string of the molecule is CCC(C)c1ccccc1C(C)(C)O[Si]. The quantitative estimate of drug-likeness (QED) is 0.704. The Kier molecular flexibility index (Phi) is 4.11. The maximum Gasteiger partial charge on any atom is 0.247 e. The molecule has 0 saturated carbocycles. The van der Waals surface area contributed by atoms with Crippen molar-refractivity contribution >= 4 is 10.5 Å². The summed E-state index contributed by atoms with van der Waals surface area (Å²) in [6.45, 7) is 8.61. The van der Waals surface area contributed by atoms with Crippen molar-refractivity contribution in [2.75, 3.05) is 0 Å². The van der Waals surface area contributed by atoms with E-state index in [9.17, 15) is 0 Å². The Bertz CT molecular complexity index is 320. The molecule has 1 rings (SSSR count). The lowest BCUT2D eigenvalue weighted by atomic mass is 9.86. The molecule has 1 atom stereocenters. The number of hydrogen-bond donors (Lipinski definition) is 0. The molecule has 0 aliphatic heterocycles. The van der Waals surface area contributed by atoms with E-state index in [4.69, 9.17) is 4.43 Å². The lowest BCUT2D eigenvalue weighted by Crippen LogP contribution is -2.22. The van der Waals surface area contributed by atoms with Crippen molar-refractivity contribution in [2.24, 2.45) is 0 Å². The molecule has 81 valence electrons. The van der Waals surface area contributed by atoms with Crippen molar-refractivity contribution in [2.45, 2.75) is 45.6 Å². The van der Waals surface area contributed by atoms with E-state index in [1.54, 1.807) is 0 Å². The molecule has 0 aliphatic rings. The highest BCUT2D eigenvalue weighted by atomic mass is 28.2. The van der Waals surface area contributed by atoms with Gasteiger partial charge in [-0.15, -0.1) is 0 Å². The molecule has 0 heterocycles. The van der Waals surface area contributed by atoms with Crippen LogP contribution in [0, 0.1) is 0 Å². The van der Waals surface area contributed by atoms with Gasteiger partial charge in [0.2, 0.25) is 10.5 Å². The zero-order valence-corrected chi connectivity index (χ0v) is 11.0.